The van der Waals surface area contributed by atoms with Gasteiger partial charge in [0.25, 0.3) is 0 Å². The number of rotatable bonds is 1. The minimum absolute atomic E-state index is 0.923. The lowest BCUT2D eigenvalue weighted by atomic mass is 9.94. The van der Waals surface area contributed by atoms with Crippen molar-refractivity contribution < 1.29 is 4.74 Å². The van der Waals surface area contributed by atoms with Gasteiger partial charge in [0, 0.05) is 16.2 Å². The molecule has 0 amide bonds. The van der Waals surface area contributed by atoms with E-state index in [1.54, 1.807) is 7.11 Å². The zero-order valence-corrected chi connectivity index (χ0v) is 13.0. The predicted octanol–water partition coefficient (Wildman–Crippen LogP) is 5.17. The second-order valence-corrected chi connectivity index (χ2v) is 5.68. The summed E-state index contributed by atoms with van der Waals surface area (Å²) in [6.07, 6.45) is 0. The first-order chi connectivity index (χ1) is 10.7. The normalized spacial score (nSPS) is 11.4. The predicted molar refractivity (Wildman–Crippen MR) is 92.8 cm³/mol. The fraction of sp³-hybridized carbons (Fsp3) is 0.150. The fourth-order valence-electron chi connectivity index (χ4n) is 3.34. The van der Waals surface area contributed by atoms with E-state index in [0.717, 1.165) is 27.6 Å². The highest BCUT2D eigenvalue weighted by Gasteiger charge is 2.16. The number of aromatic nitrogens is 1. The van der Waals surface area contributed by atoms with Crippen molar-refractivity contribution in [1.29, 1.82) is 0 Å². The third-order valence-corrected chi connectivity index (χ3v) is 4.57. The minimum atomic E-state index is 0.923. The molecule has 4 aromatic rings. The lowest BCUT2D eigenvalue weighted by Gasteiger charge is -2.16. The van der Waals surface area contributed by atoms with E-state index in [1.807, 2.05) is 18.2 Å². The first-order valence-electron chi connectivity index (χ1n) is 7.46. The number of hydrogen-bond donors (Lipinski definition) is 0. The molecule has 0 saturated heterocycles. The summed E-state index contributed by atoms with van der Waals surface area (Å²) >= 11 is 0. The van der Waals surface area contributed by atoms with E-state index in [9.17, 15) is 0 Å². The van der Waals surface area contributed by atoms with Gasteiger partial charge in [-0.15, -0.1) is 0 Å². The maximum Gasteiger partial charge on any atom is 0.137 e. The Hall–Kier alpha value is -2.61. The van der Waals surface area contributed by atoms with Gasteiger partial charge in [-0.25, -0.2) is 4.98 Å². The molecule has 0 radical (unpaired) electrons. The van der Waals surface area contributed by atoms with Crippen molar-refractivity contribution in [2.75, 3.05) is 7.11 Å². The lowest BCUT2D eigenvalue weighted by Crippen LogP contribution is -1.96. The average molecular weight is 287 g/mol. The van der Waals surface area contributed by atoms with E-state index in [0.29, 0.717) is 0 Å². The minimum Gasteiger partial charge on any atom is -0.495 e. The number of benzene rings is 3. The monoisotopic (exact) mass is 287 g/mol. The van der Waals surface area contributed by atoms with Crippen molar-refractivity contribution in [3.8, 4) is 5.75 Å². The molecule has 4 rings (SSSR count). The lowest BCUT2D eigenvalue weighted by molar-refractivity contribution is 0.424. The number of methoxy groups -OCH3 is 1. The number of para-hydroxylation sites is 1. The maximum atomic E-state index is 5.79. The second-order valence-electron chi connectivity index (χ2n) is 5.68. The average Bonchev–Trinajstić information content (AvgIpc) is 2.57. The SMILES string of the molecule is COc1c2ccccc2nc2c1c(C)c(C)c1ccccc12. The van der Waals surface area contributed by atoms with E-state index in [-0.39, 0.29) is 0 Å². The molecule has 0 spiro atoms. The van der Waals surface area contributed by atoms with E-state index < -0.39 is 0 Å². The summed E-state index contributed by atoms with van der Waals surface area (Å²) < 4.78 is 5.79. The summed E-state index contributed by atoms with van der Waals surface area (Å²) in [7, 11) is 1.74. The van der Waals surface area contributed by atoms with Gasteiger partial charge in [-0.2, -0.15) is 0 Å². The van der Waals surface area contributed by atoms with E-state index in [4.69, 9.17) is 9.72 Å². The molecule has 1 heterocycles. The van der Waals surface area contributed by atoms with Crippen LogP contribution in [0.4, 0.5) is 0 Å². The van der Waals surface area contributed by atoms with Gasteiger partial charge in [0.15, 0.2) is 0 Å². The number of pyridine rings is 1. The molecular formula is C20H17NO. The Morgan fingerprint density at radius 2 is 1.41 bits per heavy atom. The molecule has 2 nitrogen and oxygen atoms in total. The summed E-state index contributed by atoms with van der Waals surface area (Å²) in [6.45, 7) is 4.33. The number of nitrogens with zero attached hydrogens (tertiary/aromatic N) is 1. The Kier molecular flexibility index (Phi) is 2.80. The van der Waals surface area contributed by atoms with E-state index >= 15 is 0 Å². The van der Waals surface area contributed by atoms with Crippen molar-refractivity contribution in [3.63, 3.8) is 0 Å². The van der Waals surface area contributed by atoms with Crippen molar-refractivity contribution >= 4 is 32.6 Å². The zero-order valence-electron chi connectivity index (χ0n) is 13.0. The van der Waals surface area contributed by atoms with Crippen LogP contribution in [0.3, 0.4) is 0 Å². The Labute approximate surface area is 129 Å². The third-order valence-electron chi connectivity index (χ3n) is 4.57. The van der Waals surface area contributed by atoms with Crippen LogP contribution in [-0.2, 0) is 0 Å². The Morgan fingerprint density at radius 1 is 0.773 bits per heavy atom. The van der Waals surface area contributed by atoms with Gasteiger partial charge < -0.3 is 4.74 Å². The van der Waals surface area contributed by atoms with Gasteiger partial charge in [-0.3, -0.25) is 0 Å². The molecule has 1 aromatic heterocycles. The molecule has 108 valence electrons. The number of fused-ring (bicyclic) bond motifs is 4. The highest BCUT2D eigenvalue weighted by molar-refractivity contribution is 6.14. The summed E-state index contributed by atoms with van der Waals surface area (Å²) in [6, 6.07) is 16.6. The van der Waals surface area contributed by atoms with Crippen LogP contribution in [0.15, 0.2) is 48.5 Å². The van der Waals surface area contributed by atoms with Gasteiger partial charge in [-0.1, -0.05) is 36.4 Å². The van der Waals surface area contributed by atoms with E-state index in [1.165, 1.54) is 21.9 Å². The van der Waals surface area contributed by atoms with Crippen LogP contribution in [0.1, 0.15) is 11.1 Å². The van der Waals surface area contributed by atoms with Gasteiger partial charge >= 0.3 is 0 Å². The van der Waals surface area contributed by atoms with Crippen LogP contribution in [0.5, 0.6) is 5.75 Å². The molecule has 0 N–H and O–H groups in total. The van der Waals surface area contributed by atoms with E-state index in [2.05, 4.69) is 44.2 Å². The van der Waals surface area contributed by atoms with Gasteiger partial charge in [0.2, 0.25) is 0 Å². The van der Waals surface area contributed by atoms with Gasteiger partial charge in [0.1, 0.15) is 5.75 Å². The molecule has 0 bridgehead atoms. The molecule has 22 heavy (non-hydrogen) atoms. The number of hydrogen-bond acceptors (Lipinski definition) is 2. The molecule has 0 aliphatic heterocycles. The highest BCUT2D eigenvalue weighted by atomic mass is 16.5. The van der Waals surface area contributed by atoms with Crippen molar-refractivity contribution in [1.82, 2.24) is 4.98 Å². The van der Waals surface area contributed by atoms with Crippen molar-refractivity contribution in [2.45, 2.75) is 13.8 Å². The van der Waals surface area contributed by atoms with Crippen LogP contribution in [0.2, 0.25) is 0 Å². The number of ether oxygens (including phenoxy) is 1. The highest BCUT2D eigenvalue weighted by Crippen LogP contribution is 2.39. The summed E-state index contributed by atoms with van der Waals surface area (Å²) in [5.41, 5.74) is 4.52. The largest absolute Gasteiger partial charge is 0.495 e. The first kappa shape index (κ1) is 13.1. The third kappa shape index (κ3) is 1.64. The quantitative estimate of drug-likeness (QED) is 0.356. The molecule has 0 fully saturated rings. The van der Waals surface area contributed by atoms with Gasteiger partial charge in [0.05, 0.1) is 18.1 Å². The maximum absolute atomic E-state index is 5.79. The summed E-state index contributed by atoms with van der Waals surface area (Å²) in [5, 5.41) is 4.63. The van der Waals surface area contributed by atoms with Crippen LogP contribution < -0.4 is 4.74 Å². The molecule has 0 aliphatic rings. The standard InChI is InChI=1S/C20H17NO/c1-12-13(2)18-19(15-9-5-4-8-14(12)15)21-17-11-7-6-10-16(17)20(18)22-3/h4-11H,1-3H3. The van der Waals surface area contributed by atoms with Crippen molar-refractivity contribution in [2.24, 2.45) is 0 Å². The zero-order chi connectivity index (χ0) is 15.3. The second kappa shape index (κ2) is 4.70. The van der Waals surface area contributed by atoms with Crippen LogP contribution >= 0.6 is 0 Å². The molecule has 3 aromatic carbocycles. The summed E-state index contributed by atoms with van der Waals surface area (Å²) in [5.74, 6) is 0.923. The molecule has 0 unspecified atom stereocenters. The Morgan fingerprint density at radius 3 is 2.14 bits per heavy atom. The topological polar surface area (TPSA) is 22.1 Å². The molecule has 2 heteroatoms. The van der Waals surface area contributed by atoms with Gasteiger partial charge in [-0.05, 0) is 42.5 Å². The smallest absolute Gasteiger partial charge is 0.137 e. The van der Waals surface area contributed by atoms with Crippen LogP contribution in [-0.4, -0.2) is 12.1 Å². The number of aryl methyl sites for hydroxylation is 2. The Balaban J connectivity index is 2.38. The van der Waals surface area contributed by atoms with Crippen molar-refractivity contribution in [3.05, 3.63) is 59.7 Å². The fourth-order valence-corrected chi connectivity index (χ4v) is 3.34. The van der Waals surface area contributed by atoms with Crippen LogP contribution in [0, 0.1) is 13.8 Å². The molecule has 0 saturated carbocycles. The Bertz CT molecular complexity index is 1030. The molecule has 0 aliphatic carbocycles. The van der Waals surface area contributed by atoms with Crippen LogP contribution in [0.25, 0.3) is 32.6 Å². The first-order valence-corrected chi connectivity index (χ1v) is 7.46. The molecular weight excluding hydrogens is 270 g/mol. The summed E-state index contributed by atoms with van der Waals surface area (Å²) in [4.78, 5) is 4.94. The molecule has 0 atom stereocenters.